The summed E-state index contributed by atoms with van der Waals surface area (Å²) in [5.74, 6) is 1.43. The molecule has 2 aromatic carbocycles. The molecule has 0 heterocycles. The molecule has 0 aromatic heterocycles. The zero-order chi connectivity index (χ0) is 12.3. The number of hydrogen-bond donors (Lipinski definition) is 0. The van der Waals surface area contributed by atoms with Gasteiger partial charge in [0.15, 0.2) is 5.78 Å². The van der Waals surface area contributed by atoms with Crippen LogP contribution in [-0.4, -0.2) is 5.78 Å². The summed E-state index contributed by atoms with van der Waals surface area (Å²) in [7, 11) is 0. The number of benzene rings is 2. The third-order valence-electron chi connectivity index (χ3n) is 2.27. The highest BCUT2D eigenvalue weighted by atomic mass is 79.9. The molecular formula is C14H11BrO2. The Labute approximate surface area is 108 Å². The van der Waals surface area contributed by atoms with Crippen LogP contribution in [0.25, 0.3) is 0 Å². The molecule has 3 heteroatoms. The van der Waals surface area contributed by atoms with Gasteiger partial charge in [-0.2, -0.15) is 0 Å². The van der Waals surface area contributed by atoms with Gasteiger partial charge in [0.05, 0.1) is 0 Å². The summed E-state index contributed by atoms with van der Waals surface area (Å²) in [6.07, 6.45) is 0. The molecule has 0 unspecified atom stereocenters. The van der Waals surface area contributed by atoms with Crippen molar-refractivity contribution in [3.63, 3.8) is 0 Å². The molecular weight excluding hydrogens is 280 g/mol. The summed E-state index contributed by atoms with van der Waals surface area (Å²) in [5.41, 5.74) is 0.650. The second kappa shape index (κ2) is 5.15. The summed E-state index contributed by atoms with van der Waals surface area (Å²) >= 11 is 3.38. The Kier molecular flexibility index (Phi) is 3.59. The van der Waals surface area contributed by atoms with Gasteiger partial charge in [-0.25, -0.2) is 0 Å². The summed E-state index contributed by atoms with van der Waals surface area (Å²) in [4.78, 5) is 11.2. The van der Waals surface area contributed by atoms with Crippen LogP contribution in [0.2, 0.25) is 0 Å². The molecule has 0 saturated heterocycles. The summed E-state index contributed by atoms with van der Waals surface area (Å²) < 4.78 is 6.62. The summed E-state index contributed by atoms with van der Waals surface area (Å²) in [5, 5.41) is 0. The predicted octanol–water partition coefficient (Wildman–Crippen LogP) is 4.44. The lowest BCUT2D eigenvalue weighted by Gasteiger charge is -2.06. The fourth-order valence-corrected chi connectivity index (χ4v) is 1.82. The fraction of sp³-hybridized carbons (Fsp3) is 0.0714. The first kappa shape index (κ1) is 11.9. The molecule has 2 rings (SSSR count). The Bertz CT molecular complexity index is 549. The highest BCUT2D eigenvalue weighted by Gasteiger charge is 2.02. The van der Waals surface area contributed by atoms with Crippen LogP contribution in [0, 0.1) is 0 Å². The van der Waals surface area contributed by atoms with Crippen LogP contribution in [0.5, 0.6) is 11.5 Å². The molecule has 0 radical (unpaired) electrons. The van der Waals surface area contributed by atoms with Gasteiger partial charge in [-0.15, -0.1) is 0 Å². The van der Waals surface area contributed by atoms with Crippen molar-refractivity contribution in [1.29, 1.82) is 0 Å². The van der Waals surface area contributed by atoms with E-state index in [2.05, 4.69) is 15.9 Å². The van der Waals surface area contributed by atoms with E-state index in [9.17, 15) is 4.79 Å². The molecule has 0 aliphatic rings. The van der Waals surface area contributed by atoms with E-state index in [0.717, 1.165) is 10.2 Å². The second-order valence-corrected chi connectivity index (χ2v) is 4.56. The van der Waals surface area contributed by atoms with Crippen molar-refractivity contribution in [2.45, 2.75) is 6.92 Å². The standard InChI is InChI=1S/C14H11BrO2/c1-10(16)11-4-2-6-13(8-11)17-14-7-3-5-12(15)9-14/h2-9H,1H3. The zero-order valence-electron chi connectivity index (χ0n) is 9.31. The van der Waals surface area contributed by atoms with Gasteiger partial charge in [-0.05, 0) is 37.3 Å². The fourth-order valence-electron chi connectivity index (χ4n) is 1.45. The maximum atomic E-state index is 11.2. The van der Waals surface area contributed by atoms with E-state index in [1.54, 1.807) is 12.1 Å². The molecule has 0 fully saturated rings. The van der Waals surface area contributed by atoms with Crippen LogP contribution >= 0.6 is 15.9 Å². The lowest BCUT2D eigenvalue weighted by molar-refractivity contribution is 0.101. The molecule has 17 heavy (non-hydrogen) atoms. The molecule has 0 bridgehead atoms. The number of Topliss-reactive ketones (excluding diaryl/α,β-unsaturated/α-hetero) is 1. The van der Waals surface area contributed by atoms with E-state index >= 15 is 0 Å². The molecule has 2 nitrogen and oxygen atoms in total. The van der Waals surface area contributed by atoms with Crippen molar-refractivity contribution >= 4 is 21.7 Å². The smallest absolute Gasteiger partial charge is 0.159 e. The Morgan fingerprint density at radius 3 is 2.35 bits per heavy atom. The molecule has 0 amide bonds. The average Bonchev–Trinajstić information content (AvgIpc) is 2.29. The Morgan fingerprint density at radius 2 is 1.71 bits per heavy atom. The SMILES string of the molecule is CC(=O)c1cccc(Oc2cccc(Br)c2)c1. The Morgan fingerprint density at radius 1 is 1.06 bits per heavy atom. The van der Waals surface area contributed by atoms with E-state index in [4.69, 9.17) is 4.74 Å². The van der Waals surface area contributed by atoms with Gasteiger partial charge in [0, 0.05) is 10.0 Å². The van der Waals surface area contributed by atoms with Crippen LogP contribution in [0.3, 0.4) is 0 Å². The first-order valence-electron chi connectivity index (χ1n) is 5.19. The predicted molar refractivity (Wildman–Crippen MR) is 70.7 cm³/mol. The van der Waals surface area contributed by atoms with Crippen LogP contribution < -0.4 is 4.74 Å². The zero-order valence-corrected chi connectivity index (χ0v) is 10.9. The molecule has 0 aliphatic heterocycles. The van der Waals surface area contributed by atoms with Crippen molar-refractivity contribution in [2.75, 3.05) is 0 Å². The third-order valence-corrected chi connectivity index (χ3v) is 2.77. The number of rotatable bonds is 3. The maximum absolute atomic E-state index is 11.2. The van der Waals surface area contributed by atoms with Gasteiger partial charge < -0.3 is 4.74 Å². The number of halogens is 1. The van der Waals surface area contributed by atoms with E-state index in [1.807, 2.05) is 36.4 Å². The largest absolute Gasteiger partial charge is 0.457 e. The summed E-state index contributed by atoms with van der Waals surface area (Å²) in [6, 6.07) is 14.7. The van der Waals surface area contributed by atoms with Crippen molar-refractivity contribution in [1.82, 2.24) is 0 Å². The number of carbonyl (C=O) groups excluding carboxylic acids is 1. The van der Waals surface area contributed by atoms with Crippen LogP contribution in [-0.2, 0) is 0 Å². The number of hydrogen-bond acceptors (Lipinski definition) is 2. The second-order valence-electron chi connectivity index (χ2n) is 3.64. The van der Waals surface area contributed by atoms with Crippen molar-refractivity contribution in [3.8, 4) is 11.5 Å². The topological polar surface area (TPSA) is 26.3 Å². The first-order chi connectivity index (χ1) is 8.15. The molecule has 0 spiro atoms. The Hall–Kier alpha value is -1.61. The van der Waals surface area contributed by atoms with Crippen molar-refractivity contribution in [3.05, 3.63) is 58.6 Å². The normalized spacial score (nSPS) is 10.0. The van der Waals surface area contributed by atoms with Gasteiger partial charge in [0.25, 0.3) is 0 Å². The van der Waals surface area contributed by atoms with E-state index < -0.39 is 0 Å². The minimum atomic E-state index is 0.0321. The highest BCUT2D eigenvalue weighted by molar-refractivity contribution is 9.10. The van der Waals surface area contributed by atoms with Gasteiger partial charge in [0.2, 0.25) is 0 Å². The molecule has 2 aromatic rings. The minimum absolute atomic E-state index is 0.0321. The molecule has 0 atom stereocenters. The third kappa shape index (κ3) is 3.17. The van der Waals surface area contributed by atoms with Gasteiger partial charge in [-0.3, -0.25) is 4.79 Å². The van der Waals surface area contributed by atoms with Crippen LogP contribution in [0.1, 0.15) is 17.3 Å². The Balaban J connectivity index is 2.24. The van der Waals surface area contributed by atoms with Gasteiger partial charge >= 0.3 is 0 Å². The van der Waals surface area contributed by atoms with Gasteiger partial charge in [-0.1, -0.05) is 34.1 Å². The van der Waals surface area contributed by atoms with E-state index in [1.165, 1.54) is 6.92 Å². The highest BCUT2D eigenvalue weighted by Crippen LogP contribution is 2.24. The molecule has 0 saturated carbocycles. The number of ketones is 1. The molecule has 0 N–H and O–H groups in total. The molecule has 0 aliphatic carbocycles. The minimum Gasteiger partial charge on any atom is -0.457 e. The van der Waals surface area contributed by atoms with Gasteiger partial charge in [0.1, 0.15) is 11.5 Å². The number of carbonyl (C=O) groups is 1. The van der Waals surface area contributed by atoms with Crippen LogP contribution in [0.4, 0.5) is 0 Å². The van der Waals surface area contributed by atoms with E-state index in [0.29, 0.717) is 11.3 Å². The monoisotopic (exact) mass is 290 g/mol. The molecule has 86 valence electrons. The van der Waals surface area contributed by atoms with Crippen LogP contribution in [0.15, 0.2) is 53.0 Å². The quantitative estimate of drug-likeness (QED) is 0.781. The summed E-state index contributed by atoms with van der Waals surface area (Å²) in [6.45, 7) is 1.54. The number of ether oxygens (including phenoxy) is 1. The lowest BCUT2D eigenvalue weighted by atomic mass is 10.1. The first-order valence-corrected chi connectivity index (χ1v) is 5.99. The lowest BCUT2D eigenvalue weighted by Crippen LogP contribution is -1.92. The van der Waals surface area contributed by atoms with Crippen molar-refractivity contribution < 1.29 is 9.53 Å². The average molecular weight is 291 g/mol. The van der Waals surface area contributed by atoms with E-state index in [-0.39, 0.29) is 5.78 Å². The maximum Gasteiger partial charge on any atom is 0.159 e. The van der Waals surface area contributed by atoms with Crippen molar-refractivity contribution in [2.24, 2.45) is 0 Å².